The first-order chi connectivity index (χ1) is 10.6. The normalized spacial score (nSPS) is 26.1. The Bertz CT molecular complexity index is 428. The smallest absolute Gasteiger partial charge is 0.320 e. The van der Waals surface area contributed by atoms with Crippen LogP contribution in [0.15, 0.2) is 0 Å². The third kappa shape index (κ3) is 2.93. The van der Waals surface area contributed by atoms with E-state index in [-0.39, 0.29) is 18.0 Å². The predicted molar refractivity (Wildman–Crippen MR) is 84.6 cm³/mol. The van der Waals surface area contributed by atoms with Gasteiger partial charge >= 0.3 is 6.03 Å². The Labute approximate surface area is 133 Å². The zero-order chi connectivity index (χ0) is 15.7. The lowest BCUT2D eigenvalue weighted by Crippen LogP contribution is -2.52. The fraction of sp³-hybridized carbons (Fsp3) is 0.875. The van der Waals surface area contributed by atoms with Gasteiger partial charge in [-0.3, -0.25) is 9.69 Å². The summed E-state index contributed by atoms with van der Waals surface area (Å²) in [5.74, 6) is 0.285. The molecule has 3 heterocycles. The first-order valence-electron chi connectivity index (χ1n) is 8.62. The Hall–Kier alpha value is -1.30. The summed E-state index contributed by atoms with van der Waals surface area (Å²) in [6.45, 7) is 7.40. The van der Waals surface area contributed by atoms with Crippen molar-refractivity contribution in [3.8, 4) is 0 Å². The van der Waals surface area contributed by atoms with Crippen molar-refractivity contribution in [2.24, 2.45) is 0 Å². The van der Waals surface area contributed by atoms with Crippen molar-refractivity contribution < 1.29 is 9.59 Å². The summed E-state index contributed by atoms with van der Waals surface area (Å²) in [5, 5.41) is 0. The molecule has 0 aliphatic carbocycles. The average Bonchev–Trinajstić information content (AvgIpc) is 3.18. The van der Waals surface area contributed by atoms with Crippen LogP contribution >= 0.6 is 0 Å². The van der Waals surface area contributed by atoms with Crippen molar-refractivity contribution in [1.29, 1.82) is 0 Å². The number of urea groups is 1. The molecule has 3 aliphatic heterocycles. The number of likely N-dealkylation sites (N-methyl/N-ethyl adjacent to an activating group) is 1. The van der Waals surface area contributed by atoms with Gasteiger partial charge in [-0.25, -0.2) is 4.79 Å². The van der Waals surface area contributed by atoms with Crippen LogP contribution in [0, 0.1) is 0 Å². The van der Waals surface area contributed by atoms with E-state index in [1.54, 1.807) is 4.90 Å². The van der Waals surface area contributed by atoms with Crippen LogP contribution in [-0.2, 0) is 4.79 Å². The third-order valence-electron chi connectivity index (χ3n) is 5.51. The molecular weight excluding hydrogens is 280 g/mol. The number of piperidine rings is 1. The summed E-state index contributed by atoms with van der Waals surface area (Å²) in [6, 6.07) is 0.499. The summed E-state index contributed by atoms with van der Waals surface area (Å²) in [7, 11) is 1.87. The molecule has 3 amide bonds. The van der Waals surface area contributed by atoms with Crippen molar-refractivity contribution in [2.45, 2.75) is 44.7 Å². The second kappa shape index (κ2) is 6.44. The lowest BCUT2D eigenvalue weighted by atomic mass is 10.0. The van der Waals surface area contributed by atoms with Crippen LogP contribution in [-0.4, -0.2) is 89.9 Å². The summed E-state index contributed by atoms with van der Waals surface area (Å²) >= 11 is 0. The van der Waals surface area contributed by atoms with Crippen LogP contribution in [0.1, 0.15) is 32.6 Å². The van der Waals surface area contributed by atoms with E-state index >= 15 is 0 Å². The summed E-state index contributed by atoms with van der Waals surface area (Å²) in [4.78, 5) is 32.7. The van der Waals surface area contributed by atoms with E-state index in [4.69, 9.17) is 0 Å². The minimum atomic E-state index is -0.0176. The van der Waals surface area contributed by atoms with E-state index in [9.17, 15) is 9.59 Å². The van der Waals surface area contributed by atoms with E-state index in [2.05, 4.69) is 4.90 Å². The van der Waals surface area contributed by atoms with Crippen molar-refractivity contribution in [1.82, 2.24) is 19.6 Å². The molecule has 3 fully saturated rings. The highest BCUT2D eigenvalue weighted by Crippen LogP contribution is 2.22. The number of carbonyl (C=O) groups excluding carboxylic acids is 2. The Balaban J connectivity index is 1.51. The van der Waals surface area contributed by atoms with Gasteiger partial charge in [0.05, 0.1) is 6.04 Å². The molecule has 6 nitrogen and oxygen atoms in total. The standard InChI is InChI=1S/C16H28N4O2/c1-13(15(21)19-7-3-4-8-19)18-9-5-14(6-10-18)20-12-11-17(2)16(20)22/h13-14H,3-12H2,1-2H3/t13-/m1/s1. The van der Waals surface area contributed by atoms with Gasteiger partial charge < -0.3 is 14.7 Å². The molecule has 0 aromatic heterocycles. The van der Waals surface area contributed by atoms with Crippen LogP contribution in [0.4, 0.5) is 4.79 Å². The van der Waals surface area contributed by atoms with Crippen molar-refractivity contribution in [3.05, 3.63) is 0 Å². The second-order valence-electron chi connectivity index (χ2n) is 6.87. The molecule has 3 aliphatic rings. The first-order valence-corrected chi connectivity index (χ1v) is 8.62. The van der Waals surface area contributed by atoms with Gasteiger partial charge in [-0.15, -0.1) is 0 Å². The van der Waals surface area contributed by atoms with Crippen LogP contribution in [0.3, 0.4) is 0 Å². The monoisotopic (exact) mass is 308 g/mol. The van der Waals surface area contributed by atoms with Crippen molar-refractivity contribution in [3.63, 3.8) is 0 Å². The van der Waals surface area contributed by atoms with E-state index in [1.807, 2.05) is 23.8 Å². The molecule has 1 atom stereocenters. The highest BCUT2D eigenvalue weighted by atomic mass is 16.2. The molecule has 3 rings (SSSR count). The SMILES string of the molecule is C[C@H](C(=O)N1CCCC1)N1CCC(N2CCN(C)C2=O)CC1. The van der Waals surface area contributed by atoms with Gasteiger partial charge in [0.25, 0.3) is 0 Å². The number of carbonyl (C=O) groups is 2. The van der Waals surface area contributed by atoms with E-state index in [1.165, 1.54) is 0 Å². The molecule has 22 heavy (non-hydrogen) atoms. The van der Waals surface area contributed by atoms with E-state index in [0.29, 0.717) is 6.04 Å². The lowest BCUT2D eigenvalue weighted by molar-refractivity contribution is -0.135. The molecule has 0 spiro atoms. The maximum atomic E-state index is 12.5. The fourth-order valence-electron chi connectivity index (χ4n) is 3.95. The van der Waals surface area contributed by atoms with Gasteiger partial charge in [-0.1, -0.05) is 0 Å². The molecule has 6 heteroatoms. The lowest BCUT2D eigenvalue weighted by Gasteiger charge is -2.39. The van der Waals surface area contributed by atoms with Crippen molar-refractivity contribution >= 4 is 11.9 Å². The Kier molecular flexibility index (Phi) is 4.57. The van der Waals surface area contributed by atoms with Crippen molar-refractivity contribution in [2.75, 3.05) is 46.3 Å². The Morgan fingerprint density at radius 2 is 1.68 bits per heavy atom. The molecule has 0 N–H and O–H groups in total. The van der Waals surface area contributed by atoms with E-state index < -0.39 is 0 Å². The highest BCUT2D eigenvalue weighted by Gasteiger charge is 2.36. The number of amides is 3. The maximum Gasteiger partial charge on any atom is 0.320 e. The first kappa shape index (κ1) is 15.6. The van der Waals surface area contributed by atoms with Gasteiger partial charge in [-0.2, -0.15) is 0 Å². The number of nitrogens with zero attached hydrogens (tertiary/aromatic N) is 4. The predicted octanol–water partition coefficient (Wildman–Crippen LogP) is 0.829. The topological polar surface area (TPSA) is 47.1 Å². The van der Waals surface area contributed by atoms with E-state index in [0.717, 1.165) is 65.0 Å². The van der Waals surface area contributed by atoms with Crippen LogP contribution < -0.4 is 0 Å². The molecule has 0 unspecified atom stereocenters. The van der Waals surface area contributed by atoms with Gasteiger partial charge in [0.2, 0.25) is 5.91 Å². The Morgan fingerprint density at radius 3 is 2.23 bits per heavy atom. The van der Waals surface area contributed by atoms with Crippen LogP contribution in [0.2, 0.25) is 0 Å². The molecule has 0 bridgehead atoms. The summed E-state index contributed by atoms with van der Waals surface area (Å²) < 4.78 is 0. The van der Waals surface area contributed by atoms with Gasteiger partial charge in [0.15, 0.2) is 0 Å². The molecule has 0 aromatic carbocycles. The molecule has 0 radical (unpaired) electrons. The molecule has 0 saturated carbocycles. The minimum absolute atomic E-state index is 0.0176. The second-order valence-corrected chi connectivity index (χ2v) is 6.87. The number of hydrogen-bond donors (Lipinski definition) is 0. The number of hydrogen-bond acceptors (Lipinski definition) is 3. The zero-order valence-electron chi connectivity index (χ0n) is 13.8. The number of rotatable bonds is 3. The molecular formula is C16H28N4O2. The number of likely N-dealkylation sites (tertiary alicyclic amines) is 2. The maximum absolute atomic E-state index is 12.5. The third-order valence-corrected chi connectivity index (χ3v) is 5.51. The van der Waals surface area contributed by atoms with Gasteiger partial charge in [0, 0.05) is 52.4 Å². The molecule has 3 saturated heterocycles. The van der Waals surface area contributed by atoms with Crippen LogP contribution in [0.5, 0.6) is 0 Å². The summed E-state index contributed by atoms with van der Waals surface area (Å²) in [6.07, 6.45) is 4.25. The molecule has 124 valence electrons. The Morgan fingerprint density at radius 1 is 1.05 bits per heavy atom. The largest absolute Gasteiger partial charge is 0.341 e. The highest BCUT2D eigenvalue weighted by molar-refractivity contribution is 5.81. The molecule has 0 aromatic rings. The fourth-order valence-corrected chi connectivity index (χ4v) is 3.95. The van der Waals surface area contributed by atoms with Gasteiger partial charge in [-0.05, 0) is 32.6 Å². The summed E-state index contributed by atoms with van der Waals surface area (Å²) in [5.41, 5.74) is 0. The van der Waals surface area contributed by atoms with Crippen LogP contribution in [0.25, 0.3) is 0 Å². The zero-order valence-corrected chi connectivity index (χ0v) is 13.8. The minimum Gasteiger partial charge on any atom is -0.341 e. The van der Waals surface area contributed by atoms with Gasteiger partial charge in [0.1, 0.15) is 0 Å². The average molecular weight is 308 g/mol. The quantitative estimate of drug-likeness (QED) is 0.776.